The topological polar surface area (TPSA) is 142 Å². The lowest BCUT2D eigenvalue weighted by molar-refractivity contribution is 0.447. The Bertz CT molecular complexity index is 1920. The van der Waals surface area contributed by atoms with Crippen molar-refractivity contribution in [3.05, 3.63) is 80.9 Å². The van der Waals surface area contributed by atoms with E-state index >= 15 is 0 Å². The molecule has 0 saturated heterocycles. The van der Waals surface area contributed by atoms with E-state index < -0.39 is 50.4 Å². The first kappa shape index (κ1) is 19.1. The molecule has 2 aromatic carbocycles. The number of H-pyrrole nitrogens is 1. The standard InChI is InChI=1S/C13H12Br2ClN3O.C13H13Br2N3O2/c1-6(2)8-5-11(18-19-13(8)16)20-12-9(14)3-7(17)4-10(12)15;1-6(2)8-5-11(17-18-13(8)19)20-12-9(14)3-7(16)4-10(12)15/h3-6H,17H2,1-2H3;3-6H,16H2,1-2H3,(H,18,19)/i2*1D3,2D3. The van der Waals surface area contributed by atoms with Crippen LogP contribution in [0.3, 0.4) is 0 Å². The predicted molar refractivity (Wildman–Crippen MR) is 173 cm³/mol. The minimum Gasteiger partial charge on any atom is -0.435 e. The lowest BCUT2D eigenvalue weighted by Crippen LogP contribution is -2.15. The summed E-state index contributed by atoms with van der Waals surface area (Å²) < 4.78 is 103. The minimum absolute atomic E-state index is 0.117. The zero-order valence-electron chi connectivity index (χ0n) is 31.7. The maximum absolute atomic E-state index is 12.0. The van der Waals surface area contributed by atoms with Gasteiger partial charge in [0.1, 0.15) is 0 Å². The van der Waals surface area contributed by atoms with Crippen LogP contribution in [0.4, 0.5) is 11.4 Å². The van der Waals surface area contributed by atoms with Crippen molar-refractivity contribution in [3.63, 3.8) is 0 Å². The van der Waals surface area contributed by atoms with Crippen LogP contribution in [0.5, 0.6) is 23.3 Å². The fraction of sp³-hybridized carbons (Fsp3) is 0.231. The van der Waals surface area contributed by atoms with Crippen LogP contribution in [0.15, 0.2) is 59.1 Å². The highest BCUT2D eigenvalue weighted by Crippen LogP contribution is 2.39. The molecule has 0 spiro atoms. The van der Waals surface area contributed by atoms with E-state index in [1.54, 1.807) is 24.3 Å². The Hall–Kier alpha value is -2.19. The third-order valence-corrected chi connectivity index (χ3v) is 7.29. The smallest absolute Gasteiger partial charge is 0.267 e. The Kier molecular flexibility index (Phi) is 6.74. The number of nitrogens with one attached hydrogen (secondary N) is 1. The number of aromatic nitrogens is 4. The van der Waals surface area contributed by atoms with Crippen LogP contribution in [-0.4, -0.2) is 20.4 Å². The quantitative estimate of drug-likeness (QED) is 0.164. The van der Waals surface area contributed by atoms with Gasteiger partial charge in [0.15, 0.2) is 16.7 Å². The number of ether oxygens (including phenoxy) is 2. The van der Waals surface area contributed by atoms with Gasteiger partial charge in [-0.2, -0.15) is 0 Å². The van der Waals surface area contributed by atoms with Gasteiger partial charge in [-0.05, 0) is 105 Å². The van der Waals surface area contributed by atoms with Gasteiger partial charge in [-0.15, -0.1) is 15.3 Å². The van der Waals surface area contributed by atoms with Gasteiger partial charge in [-0.25, -0.2) is 5.10 Å². The van der Waals surface area contributed by atoms with Crippen molar-refractivity contribution in [1.29, 1.82) is 0 Å². The Morgan fingerprint density at radius 3 is 1.73 bits per heavy atom. The molecule has 5 N–H and O–H groups in total. The first-order valence-corrected chi connectivity index (χ1v) is 14.1. The minimum atomic E-state index is -2.92. The lowest BCUT2D eigenvalue weighted by Gasteiger charge is -2.12. The summed E-state index contributed by atoms with van der Waals surface area (Å²) in [6.07, 6.45) is 0. The SMILES string of the molecule is [2H]C([2H])([2H])C(c1cc(Oc2c(Br)cc(N)cc2Br)n[nH]c1=O)C([2H])([2H])[2H].[2H]C([2H])([2H])C(c1cc(Oc2c(Br)cc(N)cc2Br)nnc1Cl)C([2H])([2H])[2H]. The maximum Gasteiger partial charge on any atom is 0.267 e. The van der Waals surface area contributed by atoms with Crippen molar-refractivity contribution in [3.8, 4) is 23.3 Å². The monoisotopic (exact) mass is 832 g/mol. The molecule has 0 aliphatic rings. The molecule has 4 rings (SSSR count). The summed E-state index contributed by atoms with van der Waals surface area (Å²) in [6, 6.07) is 8.50. The summed E-state index contributed by atoms with van der Waals surface area (Å²) in [4.78, 5) is 12.0. The van der Waals surface area contributed by atoms with Crippen LogP contribution in [0, 0.1) is 0 Å². The number of hydrogen-bond donors (Lipinski definition) is 3. The predicted octanol–water partition coefficient (Wildman–Crippen LogP) is 8.95. The van der Waals surface area contributed by atoms with Crippen molar-refractivity contribution in [2.24, 2.45) is 0 Å². The first-order chi connectivity index (χ1) is 23.6. The molecule has 0 fully saturated rings. The fourth-order valence-electron chi connectivity index (χ4n) is 2.86. The van der Waals surface area contributed by atoms with Crippen LogP contribution in [0.1, 0.15) is 66.8 Å². The normalized spacial score (nSPS) is 16.6. The summed E-state index contributed by atoms with van der Waals surface area (Å²) in [5, 5.41) is 12.8. The fourth-order valence-corrected chi connectivity index (χ4v) is 5.82. The molecule has 0 radical (unpaired) electrons. The Balaban J connectivity index is 0.000000280. The number of hydrogen-bond acceptors (Lipinski definition) is 8. The second kappa shape index (κ2) is 14.1. The molecule has 14 heteroatoms. The number of rotatable bonds is 6. The van der Waals surface area contributed by atoms with Gasteiger partial charge < -0.3 is 20.9 Å². The average molecular weight is 837 g/mol. The summed E-state index contributed by atoms with van der Waals surface area (Å²) >= 11 is 19.0. The third-order valence-electron chi connectivity index (χ3n) is 4.64. The van der Waals surface area contributed by atoms with Crippen LogP contribution >= 0.6 is 75.3 Å². The van der Waals surface area contributed by atoms with Gasteiger partial charge in [0.2, 0.25) is 11.8 Å². The van der Waals surface area contributed by atoms with Gasteiger partial charge >= 0.3 is 0 Å². The van der Waals surface area contributed by atoms with Crippen molar-refractivity contribution >= 4 is 86.7 Å². The van der Waals surface area contributed by atoms with E-state index in [1.807, 2.05) is 0 Å². The second-order valence-corrected chi connectivity index (χ2v) is 11.4. The van der Waals surface area contributed by atoms with Gasteiger partial charge in [-0.3, -0.25) is 4.79 Å². The molecule has 0 saturated carbocycles. The van der Waals surface area contributed by atoms with E-state index in [4.69, 9.17) is 49.0 Å². The number of nitrogens with zero attached hydrogens (tertiary/aromatic N) is 3. The highest BCUT2D eigenvalue weighted by molar-refractivity contribution is 9.11. The van der Waals surface area contributed by atoms with Crippen molar-refractivity contribution in [2.75, 3.05) is 11.5 Å². The summed E-state index contributed by atoms with van der Waals surface area (Å²) in [5.74, 6) is -3.54. The van der Waals surface area contributed by atoms with E-state index in [2.05, 4.69) is 84.1 Å². The van der Waals surface area contributed by atoms with E-state index in [0.717, 1.165) is 12.1 Å². The van der Waals surface area contributed by atoms with Gasteiger partial charge in [0.05, 0.1) is 17.9 Å². The van der Waals surface area contributed by atoms with Gasteiger partial charge in [0.25, 0.3) is 5.56 Å². The maximum atomic E-state index is 12.0. The molecular formula is C26H25Br4ClN6O3. The third kappa shape index (κ3) is 8.41. The van der Waals surface area contributed by atoms with Crippen LogP contribution < -0.4 is 26.5 Å². The molecule has 4 aromatic rings. The summed E-state index contributed by atoms with van der Waals surface area (Å²) in [7, 11) is 0. The summed E-state index contributed by atoms with van der Waals surface area (Å²) in [5.41, 5.74) is 10.8. The zero-order chi connectivity index (χ0) is 39.7. The molecule has 0 unspecified atom stereocenters. The van der Waals surface area contributed by atoms with Crippen molar-refractivity contribution in [2.45, 2.75) is 39.2 Å². The Morgan fingerprint density at radius 2 is 1.23 bits per heavy atom. The van der Waals surface area contributed by atoms with Crippen LogP contribution in [-0.2, 0) is 0 Å². The molecular weight excluding hydrogens is 799 g/mol. The molecule has 0 atom stereocenters. The van der Waals surface area contributed by atoms with Gasteiger partial charge in [-0.1, -0.05) is 39.0 Å². The molecule has 212 valence electrons. The molecule has 0 amide bonds. The van der Waals surface area contributed by atoms with Crippen molar-refractivity contribution in [1.82, 2.24) is 20.4 Å². The van der Waals surface area contributed by atoms with Gasteiger partial charge in [0, 0.05) is 45.5 Å². The van der Waals surface area contributed by atoms with Crippen molar-refractivity contribution < 1.29 is 25.9 Å². The average Bonchev–Trinajstić information content (AvgIpc) is 2.93. The number of halogens is 5. The molecule has 40 heavy (non-hydrogen) atoms. The molecule has 0 bridgehead atoms. The summed E-state index contributed by atoms with van der Waals surface area (Å²) in [6.45, 7) is -11.5. The first-order valence-electron chi connectivity index (χ1n) is 16.6. The number of nitrogen functional groups attached to an aromatic ring is 2. The molecule has 2 aromatic heterocycles. The highest BCUT2D eigenvalue weighted by Gasteiger charge is 2.15. The van der Waals surface area contributed by atoms with E-state index in [9.17, 15) is 4.79 Å². The zero-order valence-corrected chi connectivity index (χ0v) is 26.8. The van der Waals surface area contributed by atoms with Crippen LogP contribution in [0.25, 0.3) is 0 Å². The van der Waals surface area contributed by atoms with E-state index in [1.165, 1.54) is 0 Å². The molecule has 0 aliphatic carbocycles. The number of aromatic amines is 1. The van der Waals surface area contributed by atoms with Crippen LogP contribution in [0.2, 0.25) is 5.15 Å². The number of anilines is 2. The Morgan fingerprint density at radius 1 is 0.775 bits per heavy atom. The second-order valence-electron chi connectivity index (χ2n) is 7.62. The van der Waals surface area contributed by atoms with E-state index in [-0.39, 0.29) is 28.2 Å². The highest BCUT2D eigenvalue weighted by atomic mass is 79.9. The number of nitrogens with two attached hydrogens (primary N) is 2. The Labute approximate surface area is 286 Å². The molecule has 0 aliphatic heterocycles. The van der Waals surface area contributed by atoms with E-state index in [0.29, 0.717) is 35.0 Å². The lowest BCUT2D eigenvalue weighted by atomic mass is 10.1. The largest absolute Gasteiger partial charge is 0.435 e. The molecule has 2 heterocycles. The number of benzene rings is 2. The molecule has 9 nitrogen and oxygen atoms in total.